The van der Waals surface area contributed by atoms with Crippen molar-refractivity contribution < 1.29 is 0 Å². The van der Waals surface area contributed by atoms with Crippen LogP contribution in [-0.2, 0) is 0 Å². The van der Waals surface area contributed by atoms with Gasteiger partial charge < -0.3 is 10.6 Å². The summed E-state index contributed by atoms with van der Waals surface area (Å²) in [6, 6.07) is 16.3. The first-order valence-electron chi connectivity index (χ1n) is 8.65. The summed E-state index contributed by atoms with van der Waals surface area (Å²) in [5, 5.41) is 8.04. The van der Waals surface area contributed by atoms with E-state index < -0.39 is 0 Å². The number of rotatable bonds is 7. The van der Waals surface area contributed by atoms with Crippen LogP contribution >= 0.6 is 23.8 Å². The Bertz CT molecular complexity index is 701. The van der Waals surface area contributed by atoms with Gasteiger partial charge in [0.15, 0.2) is 5.11 Å². The Morgan fingerprint density at radius 2 is 1.72 bits per heavy atom. The molecule has 3 nitrogen and oxygen atoms in total. The summed E-state index contributed by atoms with van der Waals surface area (Å²) in [6.45, 7) is 8.99. The van der Waals surface area contributed by atoms with Crippen LogP contribution in [0.5, 0.6) is 0 Å². The van der Waals surface area contributed by atoms with Gasteiger partial charge in [-0.05, 0) is 55.5 Å². The molecule has 0 heterocycles. The zero-order valence-electron chi connectivity index (χ0n) is 15.1. The van der Waals surface area contributed by atoms with Crippen molar-refractivity contribution in [3.05, 3.63) is 64.7 Å². The van der Waals surface area contributed by atoms with E-state index >= 15 is 0 Å². The molecule has 0 aliphatic heterocycles. The first-order chi connectivity index (χ1) is 12.1. The lowest BCUT2D eigenvalue weighted by Gasteiger charge is -2.31. The first-order valence-corrected chi connectivity index (χ1v) is 9.44. The largest absolute Gasteiger partial charge is 0.361 e. The van der Waals surface area contributed by atoms with Crippen LogP contribution in [0.1, 0.15) is 31.0 Å². The molecule has 0 radical (unpaired) electrons. The lowest BCUT2D eigenvalue weighted by atomic mass is 10.0. The maximum absolute atomic E-state index is 6.44. The zero-order chi connectivity index (χ0) is 18.2. The third-order valence-electron chi connectivity index (χ3n) is 4.37. The van der Waals surface area contributed by atoms with E-state index in [4.69, 9.17) is 23.8 Å². The number of nitrogens with one attached hydrogen (secondary N) is 2. The van der Waals surface area contributed by atoms with Gasteiger partial charge in [-0.2, -0.15) is 0 Å². The van der Waals surface area contributed by atoms with Crippen molar-refractivity contribution in [2.75, 3.05) is 25.0 Å². The van der Waals surface area contributed by atoms with Crippen LogP contribution in [0.2, 0.25) is 5.02 Å². The van der Waals surface area contributed by atoms with E-state index in [2.05, 4.69) is 48.4 Å². The maximum atomic E-state index is 6.44. The van der Waals surface area contributed by atoms with Crippen molar-refractivity contribution in [2.45, 2.75) is 26.8 Å². The minimum Gasteiger partial charge on any atom is -0.361 e. The average Bonchev–Trinajstić information content (AvgIpc) is 2.61. The van der Waals surface area contributed by atoms with Crippen molar-refractivity contribution in [2.24, 2.45) is 0 Å². The number of anilines is 1. The molecule has 1 atom stereocenters. The molecule has 2 N–H and O–H groups in total. The standard InChI is InChI=1S/C20H26ClN3S/c1-4-24(5-2)19(16-11-7-8-12-17(16)21)14-22-20(25)23-18-13-9-6-10-15(18)3/h6-13,19H,4-5,14H2,1-3H3,(H2,22,23,25)/t19-/m1/s1. The van der Waals surface area contributed by atoms with Gasteiger partial charge in [0.25, 0.3) is 0 Å². The van der Waals surface area contributed by atoms with Crippen LogP contribution in [0.25, 0.3) is 0 Å². The van der Waals surface area contributed by atoms with E-state index in [1.807, 2.05) is 36.4 Å². The summed E-state index contributed by atoms with van der Waals surface area (Å²) >= 11 is 11.9. The first kappa shape index (κ1) is 19.7. The van der Waals surface area contributed by atoms with Gasteiger partial charge in [-0.3, -0.25) is 4.90 Å². The van der Waals surface area contributed by atoms with Crippen LogP contribution in [0.15, 0.2) is 48.5 Å². The van der Waals surface area contributed by atoms with E-state index in [1.54, 1.807) is 0 Å². The SMILES string of the molecule is CCN(CC)[C@H](CNC(=S)Nc1ccccc1C)c1ccccc1Cl. The second-order valence-electron chi connectivity index (χ2n) is 5.91. The fourth-order valence-corrected chi connectivity index (χ4v) is 3.37. The number of hydrogen-bond acceptors (Lipinski definition) is 2. The van der Waals surface area contributed by atoms with Gasteiger partial charge in [-0.25, -0.2) is 0 Å². The molecule has 134 valence electrons. The number of likely N-dealkylation sites (N-methyl/N-ethyl adjacent to an activating group) is 1. The molecule has 0 bridgehead atoms. The molecule has 0 aromatic heterocycles. The molecule has 0 unspecified atom stereocenters. The summed E-state index contributed by atoms with van der Waals surface area (Å²) in [5.41, 5.74) is 3.31. The molecule has 0 spiro atoms. The minimum absolute atomic E-state index is 0.167. The normalized spacial score (nSPS) is 12.0. The molecule has 0 aliphatic carbocycles. The summed E-state index contributed by atoms with van der Waals surface area (Å²) in [4.78, 5) is 2.38. The fourth-order valence-electron chi connectivity index (χ4n) is 2.91. The number of nitrogens with zero attached hydrogens (tertiary/aromatic N) is 1. The van der Waals surface area contributed by atoms with Crippen LogP contribution in [0, 0.1) is 6.92 Å². The molecule has 0 amide bonds. The minimum atomic E-state index is 0.167. The molecule has 25 heavy (non-hydrogen) atoms. The van der Waals surface area contributed by atoms with Crippen molar-refractivity contribution in [1.29, 1.82) is 0 Å². The van der Waals surface area contributed by atoms with Gasteiger partial charge in [0.05, 0.1) is 6.04 Å². The van der Waals surface area contributed by atoms with Gasteiger partial charge in [0.2, 0.25) is 0 Å². The van der Waals surface area contributed by atoms with Gasteiger partial charge in [-0.1, -0.05) is 61.8 Å². The Morgan fingerprint density at radius 3 is 2.36 bits per heavy atom. The molecule has 2 aromatic rings. The number of hydrogen-bond donors (Lipinski definition) is 2. The molecule has 2 aromatic carbocycles. The summed E-state index contributed by atoms with van der Waals surface area (Å²) in [6.07, 6.45) is 0. The third-order valence-corrected chi connectivity index (χ3v) is 4.96. The van der Waals surface area contributed by atoms with Crippen molar-refractivity contribution in [1.82, 2.24) is 10.2 Å². The molecule has 0 saturated carbocycles. The number of aryl methyl sites for hydroxylation is 1. The lowest BCUT2D eigenvalue weighted by molar-refractivity contribution is 0.219. The van der Waals surface area contributed by atoms with Gasteiger partial charge in [-0.15, -0.1) is 0 Å². The van der Waals surface area contributed by atoms with Crippen molar-refractivity contribution >= 4 is 34.6 Å². The van der Waals surface area contributed by atoms with Crippen LogP contribution in [0.4, 0.5) is 5.69 Å². The highest BCUT2D eigenvalue weighted by atomic mass is 35.5. The van der Waals surface area contributed by atoms with E-state index in [0.29, 0.717) is 11.7 Å². The number of thiocarbonyl (C=S) groups is 1. The Labute approximate surface area is 161 Å². The van der Waals surface area contributed by atoms with Gasteiger partial charge in [0, 0.05) is 17.3 Å². The van der Waals surface area contributed by atoms with E-state index in [1.165, 1.54) is 0 Å². The zero-order valence-corrected chi connectivity index (χ0v) is 16.6. The Kier molecular flexibility index (Phi) is 7.69. The molecule has 0 aliphatic rings. The number of benzene rings is 2. The highest BCUT2D eigenvalue weighted by Crippen LogP contribution is 2.27. The van der Waals surface area contributed by atoms with E-state index in [-0.39, 0.29) is 6.04 Å². The summed E-state index contributed by atoms with van der Waals surface area (Å²) < 4.78 is 0. The fraction of sp³-hybridized carbons (Fsp3) is 0.350. The Morgan fingerprint density at radius 1 is 1.08 bits per heavy atom. The van der Waals surface area contributed by atoms with Crippen LogP contribution in [-0.4, -0.2) is 29.6 Å². The average molecular weight is 376 g/mol. The molecular weight excluding hydrogens is 350 g/mol. The smallest absolute Gasteiger partial charge is 0.170 e. The van der Waals surface area contributed by atoms with E-state index in [9.17, 15) is 0 Å². The maximum Gasteiger partial charge on any atom is 0.170 e. The van der Waals surface area contributed by atoms with Gasteiger partial charge in [0.1, 0.15) is 0 Å². The number of halogens is 1. The highest BCUT2D eigenvalue weighted by Gasteiger charge is 2.20. The highest BCUT2D eigenvalue weighted by molar-refractivity contribution is 7.80. The Balaban J connectivity index is 2.08. The van der Waals surface area contributed by atoms with Crippen LogP contribution in [0.3, 0.4) is 0 Å². The quantitative estimate of drug-likeness (QED) is 0.664. The molecule has 2 rings (SSSR count). The molecular formula is C20H26ClN3S. The van der Waals surface area contributed by atoms with Crippen LogP contribution < -0.4 is 10.6 Å². The van der Waals surface area contributed by atoms with E-state index in [0.717, 1.165) is 34.9 Å². The van der Waals surface area contributed by atoms with Crippen molar-refractivity contribution in [3.63, 3.8) is 0 Å². The van der Waals surface area contributed by atoms with Crippen molar-refractivity contribution in [3.8, 4) is 0 Å². The second-order valence-corrected chi connectivity index (χ2v) is 6.72. The second kappa shape index (κ2) is 9.76. The Hall–Kier alpha value is -1.62. The topological polar surface area (TPSA) is 27.3 Å². The lowest BCUT2D eigenvalue weighted by Crippen LogP contribution is -2.39. The van der Waals surface area contributed by atoms with Gasteiger partial charge >= 0.3 is 0 Å². The molecule has 0 saturated heterocycles. The molecule has 0 fully saturated rings. The third kappa shape index (κ3) is 5.43. The predicted octanol–water partition coefficient (Wildman–Crippen LogP) is 5.02. The summed E-state index contributed by atoms with van der Waals surface area (Å²) in [7, 11) is 0. The molecule has 5 heteroatoms. The summed E-state index contributed by atoms with van der Waals surface area (Å²) in [5.74, 6) is 0. The number of para-hydroxylation sites is 1. The monoisotopic (exact) mass is 375 g/mol. The predicted molar refractivity (Wildman–Crippen MR) is 113 cm³/mol.